The zero-order chi connectivity index (χ0) is 18.2. The number of rotatable bonds is 8. The molecule has 1 aliphatic heterocycles. The molecule has 25 heavy (non-hydrogen) atoms. The second kappa shape index (κ2) is 9.17. The Morgan fingerprint density at radius 1 is 1.28 bits per heavy atom. The van der Waals surface area contributed by atoms with Gasteiger partial charge in [0.05, 0.1) is 17.4 Å². The van der Waals surface area contributed by atoms with Crippen LogP contribution in [0.2, 0.25) is 0 Å². The monoisotopic (exact) mass is 347 g/mol. The van der Waals surface area contributed by atoms with E-state index in [9.17, 15) is 14.4 Å². The van der Waals surface area contributed by atoms with E-state index in [1.807, 2.05) is 13.8 Å². The highest BCUT2D eigenvalue weighted by atomic mass is 16.5. The molecule has 1 atom stereocenters. The molecule has 1 aromatic carbocycles. The third kappa shape index (κ3) is 5.86. The number of hydrogen-bond donors (Lipinski definition) is 3. The van der Waals surface area contributed by atoms with E-state index in [4.69, 9.17) is 4.74 Å². The number of nitrogens with one attached hydrogen (secondary N) is 3. The minimum Gasteiger partial charge on any atom is -0.379 e. The molecule has 1 unspecified atom stereocenters. The summed E-state index contributed by atoms with van der Waals surface area (Å²) in [6.07, 6.45) is 1.33. The lowest BCUT2D eigenvalue weighted by atomic mass is 10.1. The van der Waals surface area contributed by atoms with Gasteiger partial charge in [0.2, 0.25) is 11.8 Å². The summed E-state index contributed by atoms with van der Waals surface area (Å²) in [5.74, 6) is -0.769. The maximum atomic E-state index is 12.2. The summed E-state index contributed by atoms with van der Waals surface area (Å²) in [6.45, 7) is 5.05. The third-order valence-corrected chi connectivity index (χ3v) is 3.81. The molecule has 3 N–H and O–H groups in total. The van der Waals surface area contributed by atoms with Crippen LogP contribution < -0.4 is 16.0 Å². The molecule has 0 bridgehead atoms. The van der Waals surface area contributed by atoms with Gasteiger partial charge < -0.3 is 20.7 Å². The van der Waals surface area contributed by atoms with E-state index in [2.05, 4.69) is 16.0 Å². The first kappa shape index (κ1) is 18.9. The first-order valence-corrected chi connectivity index (χ1v) is 8.56. The molecule has 2 rings (SSSR count). The van der Waals surface area contributed by atoms with Gasteiger partial charge in [0.1, 0.15) is 6.04 Å². The van der Waals surface area contributed by atoms with E-state index >= 15 is 0 Å². The summed E-state index contributed by atoms with van der Waals surface area (Å²) >= 11 is 0. The number of para-hydroxylation sites is 1. The Labute approximate surface area is 147 Å². The van der Waals surface area contributed by atoms with Crippen LogP contribution in [0.1, 0.15) is 43.5 Å². The first-order valence-electron chi connectivity index (χ1n) is 8.56. The zero-order valence-corrected chi connectivity index (χ0v) is 14.6. The number of benzene rings is 1. The van der Waals surface area contributed by atoms with Gasteiger partial charge in [-0.25, -0.2) is 0 Å². The normalized spacial score (nSPS) is 16.7. The first-order chi connectivity index (χ1) is 12.0. The minimum atomic E-state index is -0.727. The van der Waals surface area contributed by atoms with Crippen LogP contribution in [-0.4, -0.2) is 43.0 Å². The number of amides is 3. The van der Waals surface area contributed by atoms with Crippen LogP contribution in [0.15, 0.2) is 24.3 Å². The van der Waals surface area contributed by atoms with Gasteiger partial charge in [-0.3, -0.25) is 14.4 Å². The lowest BCUT2D eigenvalue weighted by Crippen LogP contribution is -2.42. The highest BCUT2D eigenvalue weighted by Gasteiger charge is 2.27. The lowest BCUT2D eigenvalue weighted by molar-refractivity contribution is -0.121. The second-order valence-electron chi connectivity index (χ2n) is 6.22. The Morgan fingerprint density at radius 2 is 2.04 bits per heavy atom. The van der Waals surface area contributed by atoms with Gasteiger partial charge in [-0.05, 0) is 38.8 Å². The fraction of sp³-hybridized carbons (Fsp3) is 0.500. The number of carbonyl (C=O) groups is 3. The van der Waals surface area contributed by atoms with Crippen molar-refractivity contribution in [2.75, 3.05) is 18.5 Å². The molecule has 0 spiro atoms. The molecule has 1 aromatic rings. The van der Waals surface area contributed by atoms with Gasteiger partial charge >= 0.3 is 0 Å². The fourth-order valence-corrected chi connectivity index (χ4v) is 2.50. The van der Waals surface area contributed by atoms with Gasteiger partial charge in [-0.2, -0.15) is 0 Å². The summed E-state index contributed by atoms with van der Waals surface area (Å²) in [4.78, 5) is 36.3. The van der Waals surface area contributed by atoms with Crippen molar-refractivity contribution in [2.24, 2.45) is 0 Å². The number of fused-ring (bicyclic) bond motifs is 1. The van der Waals surface area contributed by atoms with Crippen LogP contribution in [0.25, 0.3) is 0 Å². The Kier molecular flexibility index (Phi) is 6.94. The van der Waals surface area contributed by atoms with Crippen molar-refractivity contribution in [3.05, 3.63) is 29.8 Å². The van der Waals surface area contributed by atoms with Crippen molar-refractivity contribution in [2.45, 2.75) is 45.3 Å². The summed E-state index contributed by atoms with van der Waals surface area (Å²) in [6, 6.07) is 6.10. The lowest BCUT2D eigenvalue weighted by Gasteiger charge is -2.14. The van der Waals surface area contributed by atoms with E-state index in [1.165, 1.54) is 0 Å². The van der Waals surface area contributed by atoms with Crippen molar-refractivity contribution in [1.29, 1.82) is 0 Å². The van der Waals surface area contributed by atoms with Gasteiger partial charge in [0.15, 0.2) is 0 Å². The molecule has 7 heteroatoms. The van der Waals surface area contributed by atoms with E-state index in [1.54, 1.807) is 24.3 Å². The van der Waals surface area contributed by atoms with Crippen molar-refractivity contribution in [3.8, 4) is 0 Å². The van der Waals surface area contributed by atoms with Crippen molar-refractivity contribution >= 4 is 23.4 Å². The quantitative estimate of drug-likeness (QED) is 0.620. The minimum absolute atomic E-state index is 0.145. The average Bonchev–Trinajstić information content (AvgIpc) is 2.69. The molecule has 7 nitrogen and oxygen atoms in total. The predicted molar refractivity (Wildman–Crippen MR) is 94.3 cm³/mol. The maximum absolute atomic E-state index is 12.2. The van der Waals surface area contributed by atoms with Crippen LogP contribution in [0, 0.1) is 0 Å². The van der Waals surface area contributed by atoms with E-state index in [-0.39, 0.29) is 36.7 Å². The molecule has 0 fully saturated rings. The van der Waals surface area contributed by atoms with E-state index in [0.29, 0.717) is 24.4 Å². The van der Waals surface area contributed by atoms with Crippen molar-refractivity contribution < 1.29 is 19.1 Å². The van der Waals surface area contributed by atoms with Crippen LogP contribution >= 0.6 is 0 Å². The number of hydrogen-bond acceptors (Lipinski definition) is 4. The number of carbonyl (C=O) groups excluding carboxylic acids is 3. The summed E-state index contributed by atoms with van der Waals surface area (Å²) < 4.78 is 5.40. The van der Waals surface area contributed by atoms with Gasteiger partial charge in [-0.1, -0.05) is 12.1 Å². The smallest absolute Gasteiger partial charge is 0.254 e. The highest BCUT2D eigenvalue weighted by Crippen LogP contribution is 2.19. The number of anilines is 1. The Morgan fingerprint density at radius 3 is 2.80 bits per heavy atom. The van der Waals surface area contributed by atoms with Crippen molar-refractivity contribution in [3.63, 3.8) is 0 Å². The van der Waals surface area contributed by atoms with Crippen LogP contribution in [0.5, 0.6) is 0 Å². The van der Waals surface area contributed by atoms with Crippen LogP contribution in [0.3, 0.4) is 0 Å². The predicted octanol–water partition coefficient (Wildman–Crippen LogP) is 1.45. The summed E-state index contributed by atoms with van der Waals surface area (Å²) in [5.41, 5.74) is 0.912. The highest BCUT2D eigenvalue weighted by molar-refractivity contribution is 6.09. The Hall–Kier alpha value is -2.41. The SMILES string of the molecule is CC(C)OCCCNC(=O)CCC1NC(=O)c2ccccc2NC1=O. The zero-order valence-electron chi connectivity index (χ0n) is 14.6. The molecule has 0 saturated carbocycles. The molecule has 0 aliphatic carbocycles. The molecule has 1 heterocycles. The van der Waals surface area contributed by atoms with Crippen molar-refractivity contribution in [1.82, 2.24) is 10.6 Å². The maximum Gasteiger partial charge on any atom is 0.254 e. The van der Waals surface area contributed by atoms with Crippen LogP contribution in [0.4, 0.5) is 5.69 Å². The van der Waals surface area contributed by atoms with Gasteiger partial charge in [0, 0.05) is 19.6 Å². The molecular weight excluding hydrogens is 322 g/mol. The van der Waals surface area contributed by atoms with Gasteiger partial charge in [-0.15, -0.1) is 0 Å². The topological polar surface area (TPSA) is 96.5 Å². The Bertz CT molecular complexity index is 631. The molecule has 3 amide bonds. The Balaban J connectivity index is 1.76. The molecule has 0 saturated heterocycles. The van der Waals surface area contributed by atoms with Crippen LogP contribution in [-0.2, 0) is 14.3 Å². The fourth-order valence-electron chi connectivity index (χ4n) is 2.50. The third-order valence-electron chi connectivity index (χ3n) is 3.81. The van der Waals surface area contributed by atoms with E-state index < -0.39 is 6.04 Å². The molecule has 0 aromatic heterocycles. The molecule has 136 valence electrons. The molecule has 1 aliphatic rings. The molecule has 0 radical (unpaired) electrons. The second-order valence-corrected chi connectivity index (χ2v) is 6.22. The van der Waals surface area contributed by atoms with E-state index in [0.717, 1.165) is 6.42 Å². The molecular formula is C18H25N3O4. The standard InChI is InChI=1S/C18H25N3O4/c1-12(2)25-11-5-10-19-16(22)9-8-15-18(24)20-14-7-4-3-6-13(14)17(23)21-15/h3-4,6-7,12,15H,5,8-11H2,1-2H3,(H,19,22)(H,20,24)(H,21,23). The largest absolute Gasteiger partial charge is 0.379 e. The summed E-state index contributed by atoms with van der Waals surface area (Å²) in [5, 5.41) is 8.20. The van der Waals surface area contributed by atoms with Gasteiger partial charge in [0.25, 0.3) is 5.91 Å². The average molecular weight is 347 g/mol. The number of ether oxygens (including phenoxy) is 1. The summed E-state index contributed by atoms with van der Waals surface area (Å²) in [7, 11) is 0.